The van der Waals surface area contributed by atoms with Gasteiger partial charge in [0, 0.05) is 28.9 Å². The lowest BCUT2D eigenvalue weighted by atomic mass is 10.1. The Morgan fingerprint density at radius 3 is 2.40 bits per heavy atom. The predicted octanol–water partition coefficient (Wildman–Crippen LogP) is 5.05. The van der Waals surface area contributed by atoms with Crippen molar-refractivity contribution < 1.29 is 8.42 Å². The summed E-state index contributed by atoms with van der Waals surface area (Å²) < 4.78 is 30.1. The van der Waals surface area contributed by atoms with E-state index in [0.29, 0.717) is 23.1 Å². The van der Waals surface area contributed by atoms with Gasteiger partial charge in [0.25, 0.3) is 10.0 Å². The van der Waals surface area contributed by atoms with E-state index < -0.39 is 10.0 Å². The number of hydrogen-bond donors (Lipinski definition) is 0. The van der Waals surface area contributed by atoms with Gasteiger partial charge in [0.1, 0.15) is 0 Å². The standard InChI is InChI=1S/C22H24N4O2S2/c1-4-16(3)29-22-24-23-21(25(22)5-2)19-15-26(20-14-10-9-13-18(19)20)30(27,28)17-11-7-6-8-12-17/h6-16H,4-5H2,1-3H3/t16-/m1/s1. The van der Waals surface area contributed by atoms with Gasteiger partial charge in [0.15, 0.2) is 11.0 Å². The quantitative estimate of drug-likeness (QED) is 0.376. The zero-order valence-corrected chi connectivity index (χ0v) is 18.8. The van der Waals surface area contributed by atoms with E-state index in [4.69, 9.17) is 0 Å². The van der Waals surface area contributed by atoms with Gasteiger partial charge in [0.2, 0.25) is 0 Å². The number of thioether (sulfide) groups is 1. The van der Waals surface area contributed by atoms with Crippen molar-refractivity contribution in [3.05, 3.63) is 60.8 Å². The van der Waals surface area contributed by atoms with Crippen molar-refractivity contribution in [2.24, 2.45) is 0 Å². The molecule has 2 aromatic carbocycles. The summed E-state index contributed by atoms with van der Waals surface area (Å²) in [5.74, 6) is 0.682. The number of rotatable bonds is 7. The van der Waals surface area contributed by atoms with Crippen LogP contribution in [-0.4, -0.2) is 32.4 Å². The van der Waals surface area contributed by atoms with Crippen LogP contribution in [0.25, 0.3) is 22.3 Å². The summed E-state index contributed by atoms with van der Waals surface area (Å²) in [4.78, 5) is 0.252. The van der Waals surface area contributed by atoms with E-state index in [9.17, 15) is 8.42 Å². The Labute approximate surface area is 181 Å². The van der Waals surface area contributed by atoms with Crippen LogP contribution in [0.4, 0.5) is 0 Å². The molecule has 0 radical (unpaired) electrons. The average Bonchev–Trinajstić information content (AvgIpc) is 3.35. The van der Waals surface area contributed by atoms with Gasteiger partial charge in [-0.2, -0.15) is 0 Å². The molecule has 156 valence electrons. The molecular formula is C22H24N4O2S2. The Bertz CT molecular complexity index is 1280. The molecule has 0 saturated carbocycles. The zero-order valence-electron chi connectivity index (χ0n) is 17.2. The summed E-state index contributed by atoms with van der Waals surface area (Å²) in [7, 11) is -3.73. The van der Waals surface area contributed by atoms with Crippen molar-refractivity contribution in [3.63, 3.8) is 0 Å². The van der Waals surface area contributed by atoms with Gasteiger partial charge in [-0.15, -0.1) is 10.2 Å². The van der Waals surface area contributed by atoms with Crippen molar-refractivity contribution in [1.82, 2.24) is 18.7 Å². The van der Waals surface area contributed by atoms with Crippen molar-refractivity contribution in [3.8, 4) is 11.4 Å². The summed E-state index contributed by atoms with van der Waals surface area (Å²) in [6.45, 7) is 7.06. The molecule has 30 heavy (non-hydrogen) atoms. The molecule has 0 fully saturated rings. The second kappa shape index (κ2) is 8.28. The number of para-hydroxylation sites is 1. The predicted molar refractivity (Wildman–Crippen MR) is 121 cm³/mol. The van der Waals surface area contributed by atoms with E-state index in [-0.39, 0.29) is 4.90 Å². The maximum Gasteiger partial charge on any atom is 0.268 e. The molecule has 0 aliphatic rings. The van der Waals surface area contributed by atoms with Crippen LogP contribution in [0.15, 0.2) is 70.8 Å². The summed E-state index contributed by atoms with van der Waals surface area (Å²) in [6, 6.07) is 16.0. The first-order chi connectivity index (χ1) is 14.5. The number of nitrogens with zero attached hydrogens (tertiary/aromatic N) is 4. The van der Waals surface area contributed by atoms with Crippen molar-refractivity contribution in [2.45, 2.75) is 49.0 Å². The van der Waals surface area contributed by atoms with Gasteiger partial charge in [0.05, 0.1) is 10.4 Å². The van der Waals surface area contributed by atoms with Gasteiger partial charge in [-0.05, 0) is 31.5 Å². The molecule has 0 saturated heterocycles. The third-order valence-electron chi connectivity index (χ3n) is 5.13. The van der Waals surface area contributed by atoms with Crippen molar-refractivity contribution >= 4 is 32.7 Å². The van der Waals surface area contributed by atoms with E-state index in [2.05, 4.69) is 28.6 Å². The lowest BCUT2D eigenvalue weighted by molar-refractivity contribution is 0.589. The maximum absolute atomic E-state index is 13.4. The summed E-state index contributed by atoms with van der Waals surface area (Å²) in [5, 5.41) is 11.0. The lowest BCUT2D eigenvalue weighted by Crippen LogP contribution is -2.11. The van der Waals surface area contributed by atoms with E-state index in [1.165, 1.54) is 3.97 Å². The van der Waals surface area contributed by atoms with Gasteiger partial charge < -0.3 is 4.57 Å². The van der Waals surface area contributed by atoms with Gasteiger partial charge in [-0.25, -0.2) is 12.4 Å². The van der Waals surface area contributed by atoms with Gasteiger partial charge in [-0.3, -0.25) is 0 Å². The minimum absolute atomic E-state index is 0.252. The number of fused-ring (bicyclic) bond motifs is 1. The second-order valence-corrected chi connectivity index (χ2v) is 10.3. The fraction of sp³-hybridized carbons (Fsp3) is 0.273. The number of aromatic nitrogens is 4. The van der Waals surface area contributed by atoms with Crippen LogP contribution >= 0.6 is 11.8 Å². The Hall–Kier alpha value is -2.58. The normalized spacial score (nSPS) is 13.0. The van der Waals surface area contributed by atoms with Crippen LogP contribution in [-0.2, 0) is 16.6 Å². The molecule has 0 aliphatic heterocycles. The smallest absolute Gasteiger partial charge is 0.268 e. The third-order valence-corrected chi connectivity index (χ3v) is 8.07. The summed E-state index contributed by atoms with van der Waals surface area (Å²) >= 11 is 1.69. The minimum Gasteiger partial charge on any atom is -0.302 e. The molecule has 2 aromatic heterocycles. The summed E-state index contributed by atoms with van der Waals surface area (Å²) in [6.07, 6.45) is 2.70. The van der Waals surface area contributed by atoms with E-state index in [1.54, 1.807) is 48.3 Å². The van der Waals surface area contributed by atoms with Crippen LogP contribution in [0.2, 0.25) is 0 Å². The van der Waals surface area contributed by atoms with Crippen LogP contribution < -0.4 is 0 Å². The number of hydrogen-bond acceptors (Lipinski definition) is 5. The SMILES string of the molecule is CC[C@@H](C)Sc1nnc(-c2cn(S(=O)(=O)c3ccccc3)c3ccccc23)n1CC. The molecule has 0 amide bonds. The zero-order chi connectivity index (χ0) is 21.3. The van der Waals surface area contributed by atoms with Gasteiger partial charge >= 0.3 is 0 Å². The first-order valence-corrected chi connectivity index (χ1v) is 12.3. The molecule has 8 heteroatoms. The molecule has 4 aromatic rings. The Morgan fingerprint density at radius 2 is 1.70 bits per heavy atom. The van der Waals surface area contributed by atoms with Crippen LogP contribution in [0.5, 0.6) is 0 Å². The Kier molecular flexibility index (Phi) is 5.71. The topological polar surface area (TPSA) is 69.8 Å². The molecule has 0 aliphatic carbocycles. The maximum atomic E-state index is 13.4. The van der Waals surface area contributed by atoms with Gasteiger partial charge in [-0.1, -0.05) is 62.0 Å². The molecule has 0 spiro atoms. The minimum atomic E-state index is -3.73. The van der Waals surface area contributed by atoms with Crippen molar-refractivity contribution in [1.29, 1.82) is 0 Å². The Balaban J connectivity index is 1.91. The first kappa shape index (κ1) is 20.7. The average molecular weight is 441 g/mol. The highest BCUT2D eigenvalue weighted by Crippen LogP contribution is 2.34. The highest BCUT2D eigenvalue weighted by molar-refractivity contribution is 7.99. The fourth-order valence-electron chi connectivity index (χ4n) is 3.36. The first-order valence-electron chi connectivity index (χ1n) is 9.98. The lowest BCUT2D eigenvalue weighted by Gasteiger charge is -2.10. The second-order valence-electron chi connectivity index (χ2n) is 7.06. The van der Waals surface area contributed by atoms with E-state index >= 15 is 0 Å². The van der Waals surface area contributed by atoms with E-state index in [1.807, 2.05) is 31.2 Å². The van der Waals surface area contributed by atoms with Crippen LogP contribution in [0, 0.1) is 0 Å². The molecule has 1 atom stereocenters. The number of benzene rings is 2. The molecule has 4 rings (SSSR count). The molecule has 0 unspecified atom stereocenters. The highest BCUT2D eigenvalue weighted by Gasteiger charge is 2.24. The fourth-order valence-corrected chi connectivity index (χ4v) is 5.70. The highest BCUT2D eigenvalue weighted by atomic mass is 32.2. The molecule has 0 N–H and O–H groups in total. The largest absolute Gasteiger partial charge is 0.302 e. The van der Waals surface area contributed by atoms with Crippen LogP contribution in [0.1, 0.15) is 27.2 Å². The molecule has 2 heterocycles. The summed E-state index contributed by atoms with van der Waals surface area (Å²) in [5.41, 5.74) is 1.38. The molecule has 0 bridgehead atoms. The van der Waals surface area contributed by atoms with E-state index in [0.717, 1.165) is 22.5 Å². The molecular weight excluding hydrogens is 416 g/mol. The monoisotopic (exact) mass is 440 g/mol. The molecule has 6 nitrogen and oxygen atoms in total. The van der Waals surface area contributed by atoms with Crippen LogP contribution in [0.3, 0.4) is 0 Å². The van der Waals surface area contributed by atoms with Crippen molar-refractivity contribution in [2.75, 3.05) is 0 Å². The Morgan fingerprint density at radius 1 is 1.00 bits per heavy atom. The third kappa shape index (κ3) is 3.54.